The minimum absolute atomic E-state index is 0.0399. The molecule has 0 aliphatic rings. The Bertz CT molecular complexity index is 852. The molecule has 1 atom stereocenters. The number of rotatable bonds is 6. The van der Waals surface area contributed by atoms with Crippen molar-refractivity contribution < 1.29 is 13.2 Å². The Hall–Kier alpha value is -1.60. The summed E-state index contributed by atoms with van der Waals surface area (Å²) in [6.07, 6.45) is 0. The van der Waals surface area contributed by atoms with Crippen LogP contribution in [-0.2, 0) is 14.8 Å². The summed E-state index contributed by atoms with van der Waals surface area (Å²) in [4.78, 5) is 12.6. The van der Waals surface area contributed by atoms with Crippen LogP contribution in [0.1, 0.15) is 13.8 Å². The number of sulfonamides is 1. The van der Waals surface area contributed by atoms with Crippen molar-refractivity contribution in [3.63, 3.8) is 0 Å². The van der Waals surface area contributed by atoms with Gasteiger partial charge in [0.25, 0.3) is 0 Å². The van der Waals surface area contributed by atoms with Gasteiger partial charge in [-0.05, 0) is 48.4 Å². The lowest BCUT2D eigenvalue weighted by Crippen LogP contribution is -2.47. The number of nitrogens with one attached hydrogen (secondary N) is 2. The number of hydrogen-bond donors (Lipinski definition) is 2. The second-order valence-electron chi connectivity index (χ2n) is 5.80. The fourth-order valence-corrected chi connectivity index (χ4v) is 3.79. The topological polar surface area (TPSA) is 75.3 Å². The van der Waals surface area contributed by atoms with E-state index < -0.39 is 22.0 Å². The van der Waals surface area contributed by atoms with Crippen LogP contribution in [0.5, 0.6) is 0 Å². The molecule has 0 radical (unpaired) electrons. The Labute approximate surface area is 157 Å². The van der Waals surface area contributed by atoms with Gasteiger partial charge >= 0.3 is 0 Å². The van der Waals surface area contributed by atoms with E-state index in [2.05, 4.69) is 10.0 Å². The Morgan fingerprint density at radius 3 is 2.20 bits per heavy atom. The molecule has 0 aromatic heterocycles. The van der Waals surface area contributed by atoms with Crippen molar-refractivity contribution in [3.8, 4) is 0 Å². The van der Waals surface area contributed by atoms with E-state index in [1.807, 2.05) is 0 Å². The van der Waals surface area contributed by atoms with Crippen LogP contribution in [0, 0.1) is 5.92 Å². The number of amides is 1. The van der Waals surface area contributed by atoms with E-state index >= 15 is 0 Å². The van der Waals surface area contributed by atoms with Crippen molar-refractivity contribution in [2.45, 2.75) is 24.8 Å². The third kappa shape index (κ3) is 5.44. The van der Waals surface area contributed by atoms with Crippen molar-refractivity contribution >= 4 is 44.8 Å². The molecule has 0 aliphatic carbocycles. The molecule has 2 N–H and O–H groups in total. The minimum Gasteiger partial charge on any atom is -0.325 e. The van der Waals surface area contributed by atoms with E-state index in [0.717, 1.165) is 0 Å². The van der Waals surface area contributed by atoms with Gasteiger partial charge in [0.2, 0.25) is 15.9 Å². The average Bonchev–Trinajstić information content (AvgIpc) is 2.52. The van der Waals surface area contributed by atoms with E-state index in [1.165, 1.54) is 24.3 Å². The third-order valence-corrected chi connectivity index (χ3v) is 5.39. The lowest BCUT2D eigenvalue weighted by Gasteiger charge is -2.21. The molecule has 1 unspecified atom stereocenters. The molecule has 2 aromatic rings. The van der Waals surface area contributed by atoms with Crippen LogP contribution in [0.15, 0.2) is 53.4 Å². The fourth-order valence-electron chi connectivity index (χ4n) is 2.13. The van der Waals surface area contributed by atoms with Crippen molar-refractivity contribution in [2.24, 2.45) is 5.92 Å². The molecule has 1 amide bonds. The molecule has 2 rings (SSSR count). The molecule has 2 aromatic carbocycles. The van der Waals surface area contributed by atoms with Crippen molar-refractivity contribution in [2.75, 3.05) is 5.32 Å². The Balaban J connectivity index is 2.19. The van der Waals surface area contributed by atoms with E-state index in [0.29, 0.717) is 15.7 Å². The zero-order valence-electron chi connectivity index (χ0n) is 13.7. The molecule has 25 heavy (non-hydrogen) atoms. The van der Waals surface area contributed by atoms with Gasteiger partial charge in [-0.25, -0.2) is 8.42 Å². The second kappa shape index (κ2) is 8.19. The van der Waals surface area contributed by atoms with Crippen molar-refractivity contribution in [1.29, 1.82) is 0 Å². The molecule has 0 spiro atoms. The van der Waals surface area contributed by atoms with Crippen LogP contribution in [0.3, 0.4) is 0 Å². The first kappa shape index (κ1) is 19.7. The van der Waals surface area contributed by atoms with Crippen LogP contribution in [0.4, 0.5) is 5.69 Å². The number of hydrogen-bond acceptors (Lipinski definition) is 3. The zero-order valence-corrected chi connectivity index (χ0v) is 16.0. The first-order valence-electron chi connectivity index (χ1n) is 7.53. The zero-order chi connectivity index (χ0) is 18.6. The fraction of sp³-hybridized carbons (Fsp3) is 0.235. The van der Waals surface area contributed by atoms with Gasteiger partial charge in [-0.15, -0.1) is 0 Å². The molecule has 0 saturated heterocycles. The maximum Gasteiger partial charge on any atom is 0.242 e. The molecule has 134 valence electrons. The predicted octanol–water partition coefficient (Wildman–Crippen LogP) is 3.94. The summed E-state index contributed by atoms with van der Waals surface area (Å²) in [6.45, 7) is 3.51. The number of halogens is 2. The highest BCUT2D eigenvalue weighted by Gasteiger charge is 2.28. The lowest BCUT2D eigenvalue weighted by atomic mass is 10.0. The minimum atomic E-state index is -3.86. The van der Waals surface area contributed by atoms with Gasteiger partial charge in [0.1, 0.15) is 6.04 Å². The summed E-state index contributed by atoms with van der Waals surface area (Å²) < 4.78 is 27.5. The highest BCUT2D eigenvalue weighted by molar-refractivity contribution is 7.89. The van der Waals surface area contributed by atoms with E-state index in [4.69, 9.17) is 23.2 Å². The quantitative estimate of drug-likeness (QED) is 0.770. The summed E-state index contributed by atoms with van der Waals surface area (Å²) in [5.74, 6) is -0.726. The van der Waals surface area contributed by atoms with Gasteiger partial charge in [-0.2, -0.15) is 4.72 Å². The smallest absolute Gasteiger partial charge is 0.242 e. The van der Waals surface area contributed by atoms with Crippen LogP contribution in [-0.4, -0.2) is 20.4 Å². The third-order valence-electron chi connectivity index (χ3n) is 3.45. The molecule has 0 saturated carbocycles. The molecule has 0 heterocycles. The van der Waals surface area contributed by atoms with Crippen molar-refractivity contribution in [1.82, 2.24) is 4.72 Å². The maximum atomic E-state index is 12.5. The highest BCUT2D eigenvalue weighted by Crippen LogP contribution is 2.18. The molecule has 0 aliphatic heterocycles. The monoisotopic (exact) mass is 400 g/mol. The lowest BCUT2D eigenvalue weighted by molar-refractivity contribution is -0.118. The standard InChI is InChI=1S/C17H18Cl2N2O3S/c1-11(2)16(17(22)20-14-5-3-4-13(19)10-14)21-25(23,24)15-8-6-12(18)7-9-15/h3-11,16,21H,1-2H3,(H,20,22). The first-order valence-corrected chi connectivity index (χ1v) is 9.77. The molecule has 8 heteroatoms. The number of carbonyl (C=O) groups excluding carboxylic acids is 1. The summed E-state index contributed by atoms with van der Waals surface area (Å²) in [5, 5.41) is 3.58. The average molecular weight is 401 g/mol. The number of benzene rings is 2. The van der Waals surface area contributed by atoms with Crippen LogP contribution >= 0.6 is 23.2 Å². The second-order valence-corrected chi connectivity index (χ2v) is 8.38. The summed E-state index contributed by atoms with van der Waals surface area (Å²) in [6, 6.07) is 11.4. The van der Waals surface area contributed by atoms with Crippen LogP contribution in [0.25, 0.3) is 0 Å². The van der Waals surface area contributed by atoms with Gasteiger partial charge in [0.05, 0.1) is 4.90 Å². The first-order chi connectivity index (χ1) is 11.7. The van der Waals surface area contributed by atoms with E-state index in [-0.39, 0.29) is 10.8 Å². The van der Waals surface area contributed by atoms with Gasteiger partial charge < -0.3 is 5.32 Å². The highest BCUT2D eigenvalue weighted by atomic mass is 35.5. The Morgan fingerprint density at radius 1 is 1.00 bits per heavy atom. The van der Waals surface area contributed by atoms with Crippen LogP contribution < -0.4 is 10.0 Å². The van der Waals surface area contributed by atoms with E-state index in [1.54, 1.807) is 38.1 Å². The molecular weight excluding hydrogens is 383 g/mol. The Morgan fingerprint density at radius 2 is 1.64 bits per heavy atom. The van der Waals surface area contributed by atoms with Crippen molar-refractivity contribution in [3.05, 3.63) is 58.6 Å². The largest absolute Gasteiger partial charge is 0.325 e. The summed E-state index contributed by atoms with van der Waals surface area (Å²) >= 11 is 11.7. The normalized spacial score (nSPS) is 12.8. The Kier molecular flexibility index (Phi) is 6.46. The maximum absolute atomic E-state index is 12.5. The van der Waals surface area contributed by atoms with E-state index in [9.17, 15) is 13.2 Å². The van der Waals surface area contributed by atoms with Gasteiger partial charge in [0.15, 0.2) is 0 Å². The molecular formula is C17H18Cl2N2O3S. The summed E-state index contributed by atoms with van der Waals surface area (Å²) in [7, 11) is -3.86. The predicted molar refractivity (Wildman–Crippen MR) is 100 cm³/mol. The SMILES string of the molecule is CC(C)C(NS(=O)(=O)c1ccc(Cl)cc1)C(=O)Nc1cccc(Cl)c1. The molecule has 5 nitrogen and oxygen atoms in total. The molecule has 0 bridgehead atoms. The van der Waals surface area contributed by atoms with Gasteiger partial charge in [-0.3, -0.25) is 4.79 Å². The molecule has 0 fully saturated rings. The number of carbonyl (C=O) groups is 1. The van der Waals surface area contributed by atoms with Gasteiger partial charge in [0, 0.05) is 15.7 Å². The van der Waals surface area contributed by atoms with Gasteiger partial charge in [-0.1, -0.05) is 43.1 Å². The number of anilines is 1. The van der Waals surface area contributed by atoms with Crippen LogP contribution in [0.2, 0.25) is 10.0 Å². The summed E-state index contributed by atoms with van der Waals surface area (Å²) in [5.41, 5.74) is 0.494.